The number of fused-ring (bicyclic) bond motifs is 1. The average Bonchev–Trinajstić information content (AvgIpc) is 2.72. The van der Waals surface area contributed by atoms with E-state index in [2.05, 4.69) is 19.7 Å². The van der Waals surface area contributed by atoms with Gasteiger partial charge in [0.1, 0.15) is 0 Å². The first-order valence-electron chi connectivity index (χ1n) is 6.40. The molecule has 2 heterocycles. The molecule has 1 aromatic carbocycles. The molecule has 0 radical (unpaired) electrons. The van der Waals surface area contributed by atoms with E-state index in [4.69, 9.17) is 0 Å². The van der Waals surface area contributed by atoms with Crippen LogP contribution in [-0.4, -0.2) is 37.4 Å². The molecule has 4 nitrogen and oxygen atoms in total. The number of para-hydroxylation sites is 1. The zero-order valence-corrected chi connectivity index (χ0v) is 11.9. The van der Waals surface area contributed by atoms with Crippen molar-refractivity contribution in [2.24, 2.45) is 0 Å². The van der Waals surface area contributed by atoms with Crippen LogP contribution < -0.4 is 14.8 Å². The molecule has 2 aliphatic rings. The number of ether oxygens (including phenoxy) is 2. The number of halogens is 3. The third kappa shape index (κ3) is 2.82. The van der Waals surface area contributed by atoms with Gasteiger partial charge in [0.15, 0.2) is 11.5 Å². The van der Waals surface area contributed by atoms with Crippen molar-refractivity contribution in [3.63, 3.8) is 0 Å². The number of nitrogens with zero attached hydrogens (tertiary/aromatic N) is 1. The number of alkyl halides is 2. The molecule has 0 saturated carbocycles. The molecule has 0 amide bonds. The number of rotatable bonds is 2. The molecule has 1 atom stereocenters. The summed E-state index contributed by atoms with van der Waals surface area (Å²) in [5, 5.41) is 3.27. The van der Waals surface area contributed by atoms with Crippen LogP contribution in [0.5, 0.6) is 11.5 Å². The number of benzene rings is 1. The van der Waals surface area contributed by atoms with Gasteiger partial charge in [-0.3, -0.25) is 4.90 Å². The Morgan fingerprint density at radius 2 is 1.95 bits per heavy atom. The fourth-order valence-electron chi connectivity index (χ4n) is 2.59. The SMILES string of the molecule is C[C@@H](c1cccc2c1OC(F)(F)O2)N1CCNCC1.Cl. The molecule has 1 saturated heterocycles. The second-order valence-corrected chi connectivity index (χ2v) is 4.80. The molecule has 0 bridgehead atoms. The minimum atomic E-state index is -3.55. The van der Waals surface area contributed by atoms with E-state index in [0.29, 0.717) is 0 Å². The minimum Gasteiger partial charge on any atom is -0.395 e. The Bertz CT molecular complexity index is 481. The van der Waals surface area contributed by atoms with Gasteiger partial charge in [0, 0.05) is 37.8 Å². The molecular weight excluding hydrogens is 290 g/mol. The van der Waals surface area contributed by atoms with Crippen molar-refractivity contribution >= 4 is 12.4 Å². The summed E-state index contributed by atoms with van der Waals surface area (Å²) in [6.07, 6.45) is -3.55. The molecule has 0 aliphatic carbocycles. The van der Waals surface area contributed by atoms with Crippen molar-refractivity contribution in [2.45, 2.75) is 19.3 Å². The number of nitrogens with one attached hydrogen (secondary N) is 1. The fraction of sp³-hybridized carbons (Fsp3) is 0.538. The monoisotopic (exact) mass is 306 g/mol. The lowest BCUT2D eigenvalue weighted by Gasteiger charge is -2.33. The second-order valence-electron chi connectivity index (χ2n) is 4.80. The third-order valence-electron chi connectivity index (χ3n) is 3.61. The van der Waals surface area contributed by atoms with Gasteiger partial charge in [0.25, 0.3) is 0 Å². The first-order valence-corrected chi connectivity index (χ1v) is 6.40. The number of hydrogen-bond donors (Lipinski definition) is 1. The molecule has 1 aromatic rings. The molecule has 2 aliphatic heterocycles. The lowest BCUT2D eigenvalue weighted by atomic mass is 10.0. The Kier molecular flexibility index (Phi) is 4.36. The summed E-state index contributed by atoms with van der Waals surface area (Å²) in [7, 11) is 0. The van der Waals surface area contributed by atoms with Gasteiger partial charge < -0.3 is 14.8 Å². The highest BCUT2D eigenvalue weighted by atomic mass is 35.5. The van der Waals surface area contributed by atoms with E-state index in [1.54, 1.807) is 6.07 Å². The molecule has 0 unspecified atom stereocenters. The summed E-state index contributed by atoms with van der Waals surface area (Å²) >= 11 is 0. The standard InChI is InChI=1S/C13H16F2N2O2.ClH/c1-9(17-7-5-16-6-8-17)10-3-2-4-11-12(10)19-13(14,15)18-11;/h2-4,9,16H,5-8H2,1H3;1H/t9-;/m0./s1. The van der Waals surface area contributed by atoms with Crippen LogP contribution in [-0.2, 0) is 0 Å². The normalized spacial score (nSPS) is 22.1. The van der Waals surface area contributed by atoms with E-state index < -0.39 is 6.29 Å². The molecule has 1 fully saturated rings. The maximum atomic E-state index is 13.2. The maximum absolute atomic E-state index is 13.2. The zero-order chi connectivity index (χ0) is 13.5. The number of hydrogen-bond acceptors (Lipinski definition) is 4. The molecule has 20 heavy (non-hydrogen) atoms. The topological polar surface area (TPSA) is 33.7 Å². The van der Waals surface area contributed by atoms with E-state index in [1.807, 2.05) is 13.0 Å². The Morgan fingerprint density at radius 1 is 1.25 bits per heavy atom. The molecule has 0 aromatic heterocycles. The average molecular weight is 307 g/mol. The van der Waals surface area contributed by atoms with Crippen LogP contribution >= 0.6 is 12.4 Å². The summed E-state index contributed by atoms with van der Waals surface area (Å²) in [5.41, 5.74) is 0.747. The zero-order valence-electron chi connectivity index (χ0n) is 11.1. The van der Waals surface area contributed by atoms with Crippen molar-refractivity contribution < 1.29 is 18.3 Å². The van der Waals surface area contributed by atoms with Crippen LogP contribution in [0.15, 0.2) is 18.2 Å². The van der Waals surface area contributed by atoms with Gasteiger partial charge in [-0.1, -0.05) is 12.1 Å². The van der Waals surface area contributed by atoms with Crippen molar-refractivity contribution in [1.29, 1.82) is 0 Å². The molecule has 3 rings (SSSR count). The summed E-state index contributed by atoms with van der Waals surface area (Å²) in [4.78, 5) is 2.24. The van der Waals surface area contributed by atoms with E-state index in [0.717, 1.165) is 31.7 Å². The summed E-state index contributed by atoms with van der Waals surface area (Å²) in [6, 6.07) is 5.06. The third-order valence-corrected chi connectivity index (χ3v) is 3.61. The van der Waals surface area contributed by atoms with E-state index >= 15 is 0 Å². The predicted octanol–water partition coefficient (Wildman–Crippen LogP) is 2.40. The molecule has 112 valence electrons. The highest BCUT2D eigenvalue weighted by Gasteiger charge is 2.45. The number of piperazine rings is 1. The summed E-state index contributed by atoms with van der Waals surface area (Å²) in [5.74, 6) is 0.281. The largest absolute Gasteiger partial charge is 0.586 e. The van der Waals surface area contributed by atoms with Gasteiger partial charge in [-0.15, -0.1) is 21.2 Å². The van der Waals surface area contributed by atoms with Crippen LogP contribution in [0.1, 0.15) is 18.5 Å². The Labute approximate surface area is 122 Å². The fourth-order valence-corrected chi connectivity index (χ4v) is 2.59. The molecule has 1 N–H and O–H groups in total. The van der Waals surface area contributed by atoms with Gasteiger partial charge in [0.05, 0.1) is 0 Å². The molecule has 7 heteroatoms. The summed E-state index contributed by atoms with van der Waals surface area (Å²) in [6.45, 7) is 5.60. The van der Waals surface area contributed by atoms with Gasteiger partial charge in [-0.2, -0.15) is 0 Å². The van der Waals surface area contributed by atoms with Crippen LogP contribution in [0, 0.1) is 0 Å². The minimum absolute atomic E-state index is 0. The first kappa shape index (κ1) is 15.3. The van der Waals surface area contributed by atoms with E-state index in [1.165, 1.54) is 6.07 Å². The van der Waals surface area contributed by atoms with Gasteiger partial charge >= 0.3 is 6.29 Å². The molecular formula is C13H17ClF2N2O2. The van der Waals surface area contributed by atoms with Crippen molar-refractivity contribution in [2.75, 3.05) is 26.2 Å². The highest BCUT2D eigenvalue weighted by Crippen LogP contribution is 2.45. The lowest BCUT2D eigenvalue weighted by Crippen LogP contribution is -2.44. The van der Waals surface area contributed by atoms with Crippen molar-refractivity contribution in [3.8, 4) is 11.5 Å². The Morgan fingerprint density at radius 3 is 2.65 bits per heavy atom. The van der Waals surface area contributed by atoms with E-state index in [9.17, 15) is 8.78 Å². The van der Waals surface area contributed by atoms with Crippen molar-refractivity contribution in [3.05, 3.63) is 23.8 Å². The Balaban J connectivity index is 0.00000147. The molecule has 0 spiro atoms. The van der Waals surface area contributed by atoms with Crippen LogP contribution in [0.3, 0.4) is 0 Å². The first-order chi connectivity index (χ1) is 9.07. The van der Waals surface area contributed by atoms with Crippen LogP contribution in [0.4, 0.5) is 8.78 Å². The van der Waals surface area contributed by atoms with Gasteiger partial charge in [0.2, 0.25) is 0 Å². The highest BCUT2D eigenvalue weighted by molar-refractivity contribution is 5.85. The van der Waals surface area contributed by atoms with Gasteiger partial charge in [-0.25, -0.2) is 0 Å². The quantitative estimate of drug-likeness (QED) is 0.910. The Hall–Kier alpha value is -1.11. The lowest BCUT2D eigenvalue weighted by molar-refractivity contribution is -0.287. The van der Waals surface area contributed by atoms with Crippen LogP contribution in [0.25, 0.3) is 0 Å². The predicted molar refractivity (Wildman–Crippen MR) is 72.8 cm³/mol. The van der Waals surface area contributed by atoms with Crippen molar-refractivity contribution in [1.82, 2.24) is 10.2 Å². The van der Waals surface area contributed by atoms with Gasteiger partial charge in [-0.05, 0) is 13.0 Å². The smallest absolute Gasteiger partial charge is 0.395 e. The summed E-state index contributed by atoms with van der Waals surface area (Å²) < 4.78 is 35.4. The van der Waals surface area contributed by atoms with Crippen LogP contribution in [0.2, 0.25) is 0 Å². The van der Waals surface area contributed by atoms with E-state index in [-0.39, 0.29) is 29.9 Å². The second kappa shape index (κ2) is 5.71. The maximum Gasteiger partial charge on any atom is 0.586 e.